The molecule has 0 heterocycles. The van der Waals surface area contributed by atoms with Gasteiger partial charge in [-0.15, -0.1) is 0 Å². The first-order valence-electron chi connectivity index (χ1n) is 6.75. The maximum Gasteiger partial charge on any atom is -0.00687 e. The molecule has 0 saturated heterocycles. The molecule has 16 heavy (non-hydrogen) atoms. The highest BCUT2D eigenvalue weighted by Crippen LogP contribution is 2.73. The molecule has 4 atom stereocenters. The molecule has 0 spiro atoms. The molecule has 0 aliphatic heterocycles. The average Bonchev–Trinajstić information content (AvgIpc) is 2.28. The van der Waals surface area contributed by atoms with E-state index < -0.39 is 0 Å². The first-order chi connectivity index (χ1) is 7.38. The fraction of sp³-hybridized carbons (Fsp3) is 0.750. The van der Waals surface area contributed by atoms with Gasteiger partial charge in [0.05, 0.1) is 0 Å². The first kappa shape index (κ1) is 10.6. The maximum atomic E-state index is 4.34. The van der Waals surface area contributed by atoms with E-state index in [1.807, 2.05) is 0 Å². The standard InChI is InChI=1S/C16H24/c1-10-9-11(2)13-14-12(10)16(13,5)8-6-7-15(14,3)4/h9,12-14H,1,6-8H2,2-5H3/t12?,13?,14-,16+/m0/s1. The second-order valence-electron chi connectivity index (χ2n) is 7.29. The van der Waals surface area contributed by atoms with Crippen LogP contribution in [0.4, 0.5) is 0 Å². The SMILES string of the molecule is C=C1C=C(C)C2[C@@H]3C1[C@@]2(C)CCCC3(C)C. The van der Waals surface area contributed by atoms with E-state index in [-0.39, 0.29) is 0 Å². The summed E-state index contributed by atoms with van der Waals surface area (Å²) >= 11 is 0. The number of allylic oxidation sites excluding steroid dienone is 3. The van der Waals surface area contributed by atoms with Gasteiger partial charge in [-0.2, -0.15) is 0 Å². The Labute approximate surface area is 99.8 Å². The monoisotopic (exact) mass is 216 g/mol. The summed E-state index contributed by atoms with van der Waals surface area (Å²) in [6.45, 7) is 14.2. The van der Waals surface area contributed by atoms with Crippen molar-refractivity contribution in [1.29, 1.82) is 0 Å². The van der Waals surface area contributed by atoms with Crippen molar-refractivity contribution < 1.29 is 0 Å². The van der Waals surface area contributed by atoms with Gasteiger partial charge in [-0.1, -0.05) is 51.0 Å². The molecule has 0 N–H and O–H groups in total. The van der Waals surface area contributed by atoms with Gasteiger partial charge >= 0.3 is 0 Å². The Bertz CT molecular complexity index is 385. The van der Waals surface area contributed by atoms with Crippen molar-refractivity contribution in [3.63, 3.8) is 0 Å². The molecule has 0 aromatic rings. The van der Waals surface area contributed by atoms with Crippen LogP contribution in [0.25, 0.3) is 0 Å². The van der Waals surface area contributed by atoms with Crippen molar-refractivity contribution >= 4 is 0 Å². The highest BCUT2D eigenvalue weighted by atomic mass is 14.7. The summed E-state index contributed by atoms with van der Waals surface area (Å²) in [5.41, 5.74) is 4.09. The Balaban J connectivity index is 2.13. The smallest absolute Gasteiger partial charge is 0.00687 e. The molecular formula is C16H24. The molecule has 0 aromatic carbocycles. The van der Waals surface area contributed by atoms with E-state index in [4.69, 9.17) is 0 Å². The van der Waals surface area contributed by atoms with Gasteiger partial charge < -0.3 is 0 Å². The topological polar surface area (TPSA) is 0 Å². The summed E-state index contributed by atoms with van der Waals surface area (Å²) in [6, 6.07) is 0. The van der Waals surface area contributed by atoms with E-state index in [0.717, 1.165) is 17.8 Å². The normalized spacial score (nSPS) is 49.1. The maximum absolute atomic E-state index is 4.34. The zero-order valence-corrected chi connectivity index (χ0v) is 11.1. The van der Waals surface area contributed by atoms with E-state index in [9.17, 15) is 0 Å². The zero-order chi connectivity index (χ0) is 11.7. The molecule has 0 nitrogen and oxygen atoms in total. The number of rotatable bonds is 0. The quantitative estimate of drug-likeness (QED) is 0.556. The Morgan fingerprint density at radius 1 is 1.19 bits per heavy atom. The highest BCUT2D eigenvalue weighted by molar-refractivity contribution is 5.41. The first-order valence-corrected chi connectivity index (χ1v) is 6.75. The number of fused-ring (bicyclic) bond motifs is 1. The van der Waals surface area contributed by atoms with Gasteiger partial charge in [-0.3, -0.25) is 0 Å². The Morgan fingerprint density at radius 3 is 2.50 bits per heavy atom. The Morgan fingerprint density at radius 2 is 1.88 bits per heavy atom. The summed E-state index contributed by atoms with van der Waals surface area (Å²) < 4.78 is 0. The van der Waals surface area contributed by atoms with Crippen LogP contribution in [0.2, 0.25) is 0 Å². The van der Waals surface area contributed by atoms with Gasteiger partial charge in [0.2, 0.25) is 0 Å². The van der Waals surface area contributed by atoms with Crippen molar-refractivity contribution in [2.45, 2.75) is 47.0 Å². The molecule has 88 valence electrons. The van der Waals surface area contributed by atoms with Crippen LogP contribution >= 0.6 is 0 Å². The summed E-state index contributed by atoms with van der Waals surface area (Å²) in [7, 11) is 0. The second kappa shape index (κ2) is 2.83. The van der Waals surface area contributed by atoms with Crippen LogP contribution < -0.4 is 0 Å². The molecule has 4 rings (SSSR count). The average molecular weight is 216 g/mol. The molecule has 0 radical (unpaired) electrons. The van der Waals surface area contributed by atoms with Gasteiger partial charge in [0, 0.05) is 0 Å². The van der Waals surface area contributed by atoms with E-state index in [2.05, 4.69) is 40.3 Å². The summed E-state index contributed by atoms with van der Waals surface area (Å²) in [5.74, 6) is 2.50. The van der Waals surface area contributed by atoms with Gasteiger partial charge in [-0.25, -0.2) is 0 Å². The molecule has 0 amide bonds. The Hall–Kier alpha value is -0.520. The predicted molar refractivity (Wildman–Crippen MR) is 69.1 cm³/mol. The van der Waals surface area contributed by atoms with Gasteiger partial charge in [-0.05, 0) is 48.3 Å². The van der Waals surface area contributed by atoms with Crippen molar-refractivity contribution in [1.82, 2.24) is 0 Å². The van der Waals surface area contributed by atoms with Gasteiger partial charge in [0.1, 0.15) is 0 Å². The lowest BCUT2D eigenvalue weighted by atomic mass is 9.37. The predicted octanol–water partition coefficient (Wildman–Crippen LogP) is 4.58. The van der Waals surface area contributed by atoms with Crippen molar-refractivity contribution in [3.05, 3.63) is 23.8 Å². The highest BCUT2D eigenvalue weighted by Gasteiger charge is 2.66. The molecule has 4 bridgehead atoms. The fourth-order valence-electron chi connectivity index (χ4n) is 5.32. The van der Waals surface area contributed by atoms with Gasteiger partial charge in [0.15, 0.2) is 0 Å². The third kappa shape index (κ3) is 1.02. The zero-order valence-electron chi connectivity index (χ0n) is 11.1. The molecule has 2 unspecified atom stereocenters. The third-order valence-corrected chi connectivity index (χ3v) is 5.88. The molecule has 2 saturated carbocycles. The van der Waals surface area contributed by atoms with Gasteiger partial charge in [0.25, 0.3) is 0 Å². The molecule has 4 aliphatic carbocycles. The van der Waals surface area contributed by atoms with Crippen molar-refractivity contribution in [2.75, 3.05) is 0 Å². The van der Waals surface area contributed by atoms with Crippen molar-refractivity contribution in [3.8, 4) is 0 Å². The van der Waals surface area contributed by atoms with E-state index in [0.29, 0.717) is 10.8 Å². The lowest BCUT2D eigenvalue weighted by Crippen LogP contribution is -2.60. The minimum absolute atomic E-state index is 0.518. The number of hydrogen-bond acceptors (Lipinski definition) is 0. The minimum atomic E-state index is 0.518. The molecule has 2 fully saturated rings. The van der Waals surface area contributed by atoms with Crippen LogP contribution in [-0.2, 0) is 0 Å². The molecular weight excluding hydrogens is 192 g/mol. The second-order valence-corrected chi connectivity index (χ2v) is 7.29. The largest absolute Gasteiger partial charge is 0.0955 e. The minimum Gasteiger partial charge on any atom is -0.0955 e. The Kier molecular flexibility index (Phi) is 1.88. The van der Waals surface area contributed by atoms with Crippen LogP contribution in [0.1, 0.15) is 47.0 Å². The summed E-state index contributed by atoms with van der Waals surface area (Å²) in [4.78, 5) is 0. The van der Waals surface area contributed by atoms with E-state index >= 15 is 0 Å². The molecule has 4 aliphatic rings. The lowest BCUT2D eigenvalue weighted by molar-refractivity contribution is -0.115. The lowest BCUT2D eigenvalue weighted by Gasteiger charge is -2.66. The fourth-order valence-corrected chi connectivity index (χ4v) is 5.32. The number of hydrogen-bond donors (Lipinski definition) is 0. The summed E-state index contributed by atoms with van der Waals surface area (Å²) in [6.07, 6.45) is 6.59. The van der Waals surface area contributed by atoms with Crippen LogP contribution in [-0.4, -0.2) is 0 Å². The molecule has 0 heteroatoms. The van der Waals surface area contributed by atoms with Crippen molar-refractivity contribution in [2.24, 2.45) is 28.6 Å². The van der Waals surface area contributed by atoms with E-state index in [1.54, 1.807) is 5.57 Å². The van der Waals surface area contributed by atoms with Crippen LogP contribution in [0.15, 0.2) is 23.8 Å². The molecule has 0 aromatic heterocycles. The van der Waals surface area contributed by atoms with Crippen LogP contribution in [0.3, 0.4) is 0 Å². The van der Waals surface area contributed by atoms with E-state index in [1.165, 1.54) is 24.8 Å². The summed E-state index contributed by atoms with van der Waals surface area (Å²) in [5, 5.41) is 0. The van der Waals surface area contributed by atoms with Crippen LogP contribution in [0, 0.1) is 28.6 Å². The third-order valence-electron chi connectivity index (χ3n) is 5.88. The van der Waals surface area contributed by atoms with Crippen LogP contribution in [0.5, 0.6) is 0 Å².